The number of benzene rings is 1. The fraction of sp³-hybridized carbons (Fsp3) is 0.333. The van der Waals surface area contributed by atoms with Crippen molar-refractivity contribution >= 4 is 36.1 Å². The number of methoxy groups -OCH3 is 1. The molecule has 0 aliphatic heterocycles. The van der Waals surface area contributed by atoms with E-state index in [-0.39, 0.29) is 20.9 Å². The van der Waals surface area contributed by atoms with Gasteiger partial charge in [-0.3, -0.25) is 0 Å². The minimum absolute atomic E-state index is 0.335. The van der Waals surface area contributed by atoms with Crippen molar-refractivity contribution in [3.8, 4) is 5.75 Å². The van der Waals surface area contributed by atoms with Crippen LogP contribution in [0.15, 0.2) is 45.1 Å². The van der Waals surface area contributed by atoms with Gasteiger partial charge in [-0.05, 0) is 0 Å². The monoisotopic (exact) mass is 378 g/mol. The maximum atomic E-state index is 6.37. The summed E-state index contributed by atoms with van der Waals surface area (Å²) in [5, 5.41) is 0.980. The Labute approximate surface area is 124 Å². The van der Waals surface area contributed by atoms with Gasteiger partial charge in [-0.2, -0.15) is 0 Å². The summed E-state index contributed by atoms with van der Waals surface area (Å²) in [4.78, 5) is 0. The average molecular weight is 376 g/mol. The van der Waals surface area contributed by atoms with E-state index in [1.165, 1.54) is 28.4 Å². The van der Waals surface area contributed by atoms with Crippen molar-refractivity contribution in [2.45, 2.75) is 25.7 Å². The third-order valence-electron chi connectivity index (χ3n) is 2.96. The molecule has 0 saturated carbocycles. The summed E-state index contributed by atoms with van der Waals surface area (Å²) >= 11 is 6.03. The Morgan fingerprint density at radius 1 is 1.28 bits per heavy atom. The van der Waals surface area contributed by atoms with E-state index in [1.54, 1.807) is 7.11 Å². The molecule has 18 heavy (non-hydrogen) atoms. The molecule has 0 spiro atoms. The predicted octanol–water partition coefficient (Wildman–Crippen LogP) is 3.61. The number of ether oxygens (including phenoxy) is 1. The molecule has 2 rings (SSSR count). The summed E-state index contributed by atoms with van der Waals surface area (Å²) in [7, 11) is 1.69. The normalized spacial score (nSPS) is 16.3. The van der Waals surface area contributed by atoms with Crippen molar-refractivity contribution in [2.24, 2.45) is 0 Å². The molecule has 1 aliphatic carbocycles. The Balaban J connectivity index is 1.98. The van der Waals surface area contributed by atoms with Crippen LogP contribution in [0.25, 0.3) is 0 Å². The number of hydrogen-bond donors (Lipinski definition) is 0. The Morgan fingerprint density at radius 2 is 2.06 bits per heavy atom. The van der Waals surface area contributed by atoms with Gasteiger partial charge in [-0.25, -0.2) is 0 Å². The Hall–Kier alpha value is -0.420. The van der Waals surface area contributed by atoms with Crippen LogP contribution >= 0.6 is 11.6 Å². The first kappa shape index (κ1) is 14.0. The van der Waals surface area contributed by atoms with Crippen molar-refractivity contribution in [3.05, 3.63) is 45.1 Å². The first-order chi connectivity index (χ1) is 8.79. The predicted molar refractivity (Wildman–Crippen MR) is 78.9 cm³/mol. The molecule has 0 fully saturated rings. The molecule has 0 bridgehead atoms. The average Bonchev–Trinajstić information content (AvgIpc) is 2.46. The molecule has 0 heterocycles. The SMILES string of the molecule is COc1ccc([Te]/C=C(\Cl)C2=CCCCC2)cc1. The third-order valence-corrected chi connectivity index (χ3v) is 6.28. The van der Waals surface area contributed by atoms with Gasteiger partial charge in [0.1, 0.15) is 0 Å². The molecular weight excluding hydrogens is 359 g/mol. The van der Waals surface area contributed by atoms with E-state index < -0.39 is 0 Å². The summed E-state index contributed by atoms with van der Waals surface area (Å²) in [5.41, 5.74) is 1.35. The van der Waals surface area contributed by atoms with E-state index in [2.05, 4.69) is 22.3 Å². The third kappa shape index (κ3) is 4.05. The van der Waals surface area contributed by atoms with Crippen LogP contribution in [0.4, 0.5) is 0 Å². The zero-order valence-electron chi connectivity index (χ0n) is 10.5. The summed E-state index contributed by atoms with van der Waals surface area (Å²) in [6, 6.07) is 8.30. The molecule has 1 nitrogen and oxygen atoms in total. The van der Waals surface area contributed by atoms with Crippen molar-refractivity contribution in [1.82, 2.24) is 0 Å². The van der Waals surface area contributed by atoms with Crippen molar-refractivity contribution in [2.75, 3.05) is 7.11 Å². The molecule has 0 saturated heterocycles. The van der Waals surface area contributed by atoms with E-state index >= 15 is 0 Å². The van der Waals surface area contributed by atoms with Gasteiger partial charge >= 0.3 is 124 Å². The Morgan fingerprint density at radius 3 is 2.67 bits per heavy atom. The second-order valence-electron chi connectivity index (χ2n) is 4.23. The maximum absolute atomic E-state index is 6.37. The molecule has 3 heteroatoms. The Bertz CT molecular complexity index is 448. The number of hydrogen-bond acceptors (Lipinski definition) is 1. The molecule has 1 aromatic rings. The van der Waals surface area contributed by atoms with Crippen LogP contribution < -0.4 is 8.35 Å². The van der Waals surface area contributed by atoms with Crippen LogP contribution in [0.5, 0.6) is 5.75 Å². The first-order valence-electron chi connectivity index (χ1n) is 6.15. The zero-order chi connectivity index (χ0) is 12.8. The fourth-order valence-electron chi connectivity index (χ4n) is 1.90. The molecule has 96 valence electrons. The molecular formula is C15H17ClOTe. The number of allylic oxidation sites excluding steroid dienone is 3. The quantitative estimate of drug-likeness (QED) is 0.730. The number of halogens is 1. The molecule has 0 N–H and O–H groups in total. The van der Waals surface area contributed by atoms with Gasteiger partial charge in [0, 0.05) is 0 Å². The molecule has 1 aliphatic rings. The van der Waals surface area contributed by atoms with Gasteiger partial charge in [0.05, 0.1) is 0 Å². The first-order valence-corrected chi connectivity index (χ1v) is 9.04. The molecule has 0 unspecified atom stereocenters. The van der Waals surface area contributed by atoms with Gasteiger partial charge < -0.3 is 0 Å². The summed E-state index contributed by atoms with van der Waals surface area (Å²) in [6.07, 6.45) is 7.21. The molecule has 0 aromatic heterocycles. The van der Waals surface area contributed by atoms with E-state index in [0.29, 0.717) is 0 Å². The second-order valence-corrected chi connectivity index (χ2v) is 7.33. The van der Waals surface area contributed by atoms with Crippen LogP contribution in [0.3, 0.4) is 0 Å². The van der Waals surface area contributed by atoms with Crippen LogP contribution in [0, 0.1) is 0 Å². The van der Waals surface area contributed by atoms with Crippen molar-refractivity contribution in [1.29, 1.82) is 0 Å². The minimum atomic E-state index is -0.335. The van der Waals surface area contributed by atoms with Crippen LogP contribution in [-0.2, 0) is 0 Å². The second kappa shape index (κ2) is 7.24. The molecule has 0 radical (unpaired) electrons. The van der Waals surface area contributed by atoms with Gasteiger partial charge in [-0.15, -0.1) is 0 Å². The standard InChI is InChI=1S/C15H17ClOTe/c1-17-13-7-9-14(10-8-13)18-11-15(16)12-5-3-2-4-6-12/h5,7-11H,2-4,6H2,1H3/b15-11-. The molecule has 0 amide bonds. The van der Waals surface area contributed by atoms with E-state index in [4.69, 9.17) is 16.3 Å². The van der Waals surface area contributed by atoms with Gasteiger partial charge in [0.15, 0.2) is 0 Å². The van der Waals surface area contributed by atoms with E-state index in [9.17, 15) is 0 Å². The van der Waals surface area contributed by atoms with E-state index in [1.807, 2.05) is 12.1 Å². The summed E-state index contributed by atoms with van der Waals surface area (Å²) in [5.74, 6) is 0.913. The molecule has 1 aromatic carbocycles. The summed E-state index contributed by atoms with van der Waals surface area (Å²) in [6.45, 7) is 0. The zero-order valence-corrected chi connectivity index (χ0v) is 13.6. The summed E-state index contributed by atoms with van der Waals surface area (Å²) < 4.78 is 8.78. The van der Waals surface area contributed by atoms with Crippen LogP contribution in [0.1, 0.15) is 25.7 Å². The van der Waals surface area contributed by atoms with Crippen molar-refractivity contribution < 1.29 is 4.74 Å². The fourth-order valence-corrected chi connectivity index (χ4v) is 4.33. The topological polar surface area (TPSA) is 9.23 Å². The van der Waals surface area contributed by atoms with Crippen LogP contribution in [-0.4, -0.2) is 28.0 Å². The van der Waals surface area contributed by atoms with Crippen LogP contribution in [0.2, 0.25) is 0 Å². The van der Waals surface area contributed by atoms with E-state index in [0.717, 1.165) is 17.2 Å². The van der Waals surface area contributed by atoms with Gasteiger partial charge in [-0.1, -0.05) is 0 Å². The Kier molecular flexibility index (Phi) is 5.63. The molecule has 0 atom stereocenters. The van der Waals surface area contributed by atoms with Gasteiger partial charge in [0.2, 0.25) is 0 Å². The van der Waals surface area contributed by atoms with Crippen molar-refractivity contribution in [3.63, 3.8) is 0 Å². The van der Waals surface area contributed by atoms with Gasteiger partial charge in [0.25, 0.3) is 0 Å². The number of rotatable bonds is 4.